The fourth-order valence-electron chi connectivity index (χ4n) is 3.21. The Kier molecular flexibility index (Phi) is 6.29. The number of hydrogen-bond donors (Lipinski definition) is 2. The van der Waals surface area contributed by atoms with Crippen LogP contribution in [0, 0.1) is 0 Å². The van der Waals surface area contributed by atoms with Crippen LogP contribution >= 0.6 is 0 Å². The Morgan fingerprint density at radius 3 is 2.48 bits per heavy atom. The fourth-order valence-corrected chi connectivity index (χ4v) is 3.21. The molecule has 2 saturated heterocycles. The molecule has 0 bridgehead atoms. The highest BCUT2D eigenvalue weighted by Gasteiger charge is 2.30. The smallest absolute Gasteiger partial charge is 0.326 e. The minimum absolute atomic E-state index is 0.217. The number of nitrogens with one attached hydrogen (secondary N) is 1. The van der Waals surface area contributed by atoms with Crippen molar-refractivity contribution in [3.63, 3.8) is 0 Å². The van der Waals surface area contributed by atoms with Crippen molar-refractivity contribution in [2.45, 2.75) is 51.0 Å². The van der Waals surface area contributed by atoms with E-state index in [1.807, 2.05) is 0 Å². The van der Waals surface area contributed by atoms with Crippen LogP contribution < -0.4 is 5.32 Å². The van der Waals surface area contributed by atoms with Crippen LogP contribution in [0.1, 0.15) is 44.9 Å². The maximum absolute atomic E-state index is 12.2. The molecule has 0 spiro atoms. The Labute approximate surface area is 126 Å². The number of nitrogens with zero attached hydrogens (tertiary/aromatic N) is 2. The molecule has 2 heterocycles. The van der Waals surface area contributed by atoms with Gasteiger partial charge in [0, 0.05) is 13.1 Å². The molecule has 2 fully saturated rings. The molecule has 1 atom stereocenters. The molecule has 2 N–H and O–H groups in total. The number of likely N-dealkylation sites (tertiary alicyclic amines) is 2. The van der Waals surface area contributed by atoms with Gasteiger partial charge in [-0.25, -0.2) is 9.59 Å². The van der Waals surface area contributed by atoms with E-state index in [1.54, 1.807) is 0 Å². The van der Waals surface area contributed by atoms with Gasteiger partial charge in [-0.1, -0.05) is 12.8 Å². The average Bonchev–Trinajstić information content (AvgIpc) is 2.84. The summed E-state index contributed by atoms with van der Waals surface area (Å²) in [5, 5.41) is 12.2. The van der Waals surface area contributed by atoms with Crippen molar-refractivity contribution in [2.75, 3.05) is 32.7 Å². The fraction of sp³-hybridized carbons (Fsp3) is 0.867. The third-order valence-corrected chi connectivity index (χ3v) is 4.42. The second-order valence-corrected chi connectivity index (χ2v) is 6.03. The molecule has 2 amide bonds. The summed E-state index contributed by atoms with van der Waals surface area (Å²) in [5.74, 6) is -0.885. The van der Waals surface area contributed by atoms with Crippen LogP contribution in [0.3, 0.4) is 0 Å². The van der Waals surface area contributed by atoms with E-state index in [9.17, 15) is 14.7 Å². The molecule has 0 radical (unpaired) electrons. The number of aliphatic carboxylic acids is 1. The van der Waals surface area contributed by atoms with Gasteiger partial charge < -0.3 is 20.2 Å². The summed E-state index contributed by atoms with van der Waals surface area (Å²) < 4.78 is 0. The third kappa shape index (κ3) is 4.88. The lowest BCUT2D eigenvalue weighted by Crippen LogP contribution is -2.49. The van der Waals surface area contributed by atoms with Gasteiger partial charge in [-0.05, 0) is 51.7 Å². The normalized spacial score (nSPS) is 23.8. The third-order valence-electron chi connectivity index (χ3n) is 4.42. The van der Waals surface area contributed by atoms with Crippen LogP contribution in [0.5, 0.6) is 0 Å². The van der Waals surface area contributed by atoms with Crippen molar-refractivity contribution in [3.8, 4) is 0 Å². The van der Waals surface area contributed by atoms with E-state index in [1.165, 1.54) is 30.8 Å². The van der Waals surface area contributed by atoms with Gasteiger partial charge in [0.2, 0.25) is 0 Å². The number of amides is 2. The van der Waals surface area contributed by atoms with Crippen LogP contribution in [0.25, 0.3) is 0 Å². The number of carbonyl (C=O) groups is 2. The minimum atomic E-state index is -0.885. The van der Waals surface area contributed by atoms with Gasteiger partial charge in [0.05, 0.1) is 0 Å². The van der Waals surface area contributed by atoms with Crippen molar-refractivity contribution in [1.82, 2.24) is 15.1 Å². The van der Waals surface area contributed by atoms with E-state index in [-0.39, 0.29) is 6.03 Å². The molecule has 6 heteroatoms. The molecule has 1 unspecified atom stereocenters. The molecule has 2 aliphatic rings. The predicted octanol–water partition coefficient (Wildman–Crippen LogP) is 1.51. The van der Waals surface area contributed by atoms with Gasteiger partial charge in [0.25, 0.3) is 0 Å². The number of carboxylic acid groups (broad SMARTS) is 1. The van der Waals surface area contributed by atoms with Crippen molar-refractivity contribution >= 4 is 12.0 Å². The molecule has 0 aromatic rings. The summed E-state index contributed by atoms with van der Waals surface area (Å²) >= 11 is 0. The Morgan fingerprint density at radius 1 is 1.05 bits per heavy atom. The molecular formula is C15H27N3O3. The summed E-state index contributed by atoms with van der Waals surface area (Å²) in [4.78, 5) is 27.4. The summed E-state index contributed by atoms with van der Waals surface area (Å²) in [5.41, 5.74) is 0. The first kappa shape index (κ1) is 16.1. The summed E-state index contributed by atoms with van der Waals surface area (Å²) in [6, 6.07) is -0.878. The van der Waals surface area contributed by atoms with E-state index >= 15 is 0 Å². The number of carboxylic acids is 1. The topological polar surface area (TPSA) is 72.9 Å². The van der Waals surface area contributed by atoms with Crippen molar-refractivity contribution in [3.05, 3.63) is 0 Å². The second-order valence-electron chi connectivity index (χ2n) is 6.03. The summed E-state index contributed by atoms with van der Waals surface area (Å²) in [7, 11) is 0. The molecule has 0 aromatic heterocycles. The zero-order valence-electron chi connectivity index (χ0n) is 12.7. The summed E-state index contributed by atoms with van der Waals surface area (Å²) in [6.45, 7) is 4.53. The molecule has 120 valence electrons. The molecule has 0 aromatic carbocycles. The first-order chi connectivity index (χ1) is 10.2. The monoisotopic (exact) mass is 297 g/mol. The Balaban J connectivity index is 1.73. The van der Waals surface area contributed by atoms with E-state index in [0.29, 0.717) is 19.5 Å². The second kappa shape index (κ2) is 8.22. The van der Waals surface area contributed by atoms with Gasteiger partial charge in [0.15, 0.2) is 0 Å². The molecule has 2 rings (SSSR count). The SMILES string of the molecule is O=C(O)C1CCCCCN1C(=O)NCCCN1CCCC1. The standard InChI is InChI=1S/C15H27N3O3/c19-14(20)13-7-2-1-3-12-18(13)15(21)16-8-6-11-17-9-4-5-10-17/h13H,1-12H2,(H,16,21)(H,19,20). The highest BCUT2D eigenvalue weighted by Crippen LogP contribution is 2.17. The first-order valence-corrected chi connectivity index (χ1v) is 8.18. The zero-order chi connectivity index (χ0) is 15.1. The maximum atomic E-state index is 12.2. The quantitative estimate of drug-likeness (QED) is 0.755. The van der Waals surface area contributed by atoms with Gasteiger partial charge in [-0.3, -0.25) is 0 Å². The van der Waals surface area contributed by atoms with E-state index < -0.39 is 12.0 Å². The zero-order valence-corrected chi connectivity index (χ0v) is 12.7. The lowest BCUT2D eigenvalue weighted by Gasteiger charge is -2.27. The Morgan fingerprint density at radius 2 is 1.76 bits per heavy atom. The lowest BCUT2D eigenvalue weighted by atomic mass is 10.1. The average molecular weight is 297 g/mol. The number of hydrogen-bond acceptors (Lipinski definition) is 3. The highest BCUT2D eigenvalue weighted by molar-refractivity contribution is 5.82. The molecule has 6 nitrogen and oxygen atoms in total. The van der Waals surface area contributed by atoms with Crippen LogP contribution in [-0.2, 0) is 4.79 Å². The minimum Gasteiger partial charge on any atom is -0.480 e. The van der Waals surface area contributed by atoms with Crippen molar-refractivity contribution in [1.29, 1.82) is 0 Å². The predicted molar refractivity (Wildman–Crippen MR) is 80.3 cm³/mol. The van der Waals surface area contributed by atoms with Crippen LogP contribution in [0.4, 0.5) is 4.79 Å². The van der Waals surface area contributed by atoms with Crippen LogP contribution in [-0.4, -0.2) is 65.7 Å². The molecule has 0 aliphatic carbocycles. The largest absolute Gasteiger partial charge is 0.480 e. The summed E-state index contributed by atoms with van der Waals surface area (Å²) in [6.07, 6.45) is 6.83. The Bertz CT molecular complexity index is 356. The van der Waals surface area contributed by atoms with E-state index in [2.05, 4.69) is 10.2 Å². The molecule has 0 saturated carbocycles. The molecular weight excluding hydrogens is 270 g/mol. The van der Waals surface area contributed by atoms with Gasteiger partial charge in [-0.2, -0.15) is 0 Å². The van der Waals surface area contributed by atoms with Crippen molar-refractivity contribution in [2.24, 2.45) is 0 Å². The Hall–Kier alpha value is -1.30. The molecule has 2 aliphatic heterocycles. The van der Waals surface area contributed by atoms with Crippen LogP contribution in [0.15, 0.2) is 0 Å². The lowest BCUT2D eigenvalue weighted by molar-refractivity contribution is -0.142. The molecule has 21 heavy (non-hydrogen) atoms. The highest BCUT2D eigenvalue weighted by atomic mass is 16.4. The van der Waals surface area contributed by atoms with Gasteiger partial charge >= 0.3 is 12.0 Å². The number of urea groups is 1. The van der Waals surface area contributed by atoms with Gasteiger partial charge in [0.1, 0.15) is 6.04 Å². The van der Waals surface area contributed by atoms with E-state index in [0.717, 1.165) is 32.2 Å². The number of carbonyl (C=O) groups excluding carboxylic acids is 1. The van der Waals surface area contributed by atoms with Crippen molar-refractivity contribution < 1.29 is 14.7 Å². The number of rotatable bonds is 5. The van der Waals surface area contributed by atoms with Gasteiger partial charge in [-0.15, -0.1) is 0 Å². The van der Waals surface area contributed by atoms with Crippen LogP contribution in [0.2, 0.25) is 0 Å². The maximum Gasteiger partial charge on any atom is 0.326 e. The first-order valence-electron chi connectivity index (χ1n) is 8.18. The van der Waals surface area contributed by atoms with E-state index in [4.69, 9.17) is 0 Å².